The van der Waals surface area contributed by atoms with Gasteiger partial charge in [-0.05, 0) is 53.8 Å². The summed E-state index contributed by atoms with van der Waals surface area (Å²) in [6.07, 6.45) is 0.416. The highest BCUT2D eigenvalue weighted by atomic mass is 16.6. The Labute approximate surface area is 143 Å². The monoisotopic (exact) mass is 330 g/mol. The molecule has 5 nitrogen and oxygen atoms in total. The van der Waals surface area contributed by atoms with E-state index in [0.717, 1.165) is 5.56 Å². The number of rotatable bonds is 1. The van der Waals surface area contributed by atoms with Gasteiger partial charge in [0.25, 0.3) is 5.91 Å². The summed E-state index contributed by atoms with van der Waals surface area (Å²) in [6, 6.07) is 7.37. The first-order chi connectivity index (χ1) is 11.0. The largest absolute Gasteiger partial charge is 0.432 e. The zero-order chi connectivity index (χ0) is 17.9. The molecule has 2 aliphatic heterocycles. The van der Waals surface area contributed by atoms with Crippen molar-refractivity contribution in [3.05, 3.63) is 29.8 Å². The molecule has 24 heavy (non-hydrogen) atoms. The number of carbonyl (C=O) groups is 2. The summed E-state index contributed by atoms with van der Waals surface area (Å²) in [4.78, 5) is 29.2. The van der Waals surface area contributed by atoms with Crippen LogP contribution in [0.1, 0.15) is 46.1 Å². The fraction of sp³-hybridized carbons (Fsp3) is 0.579. The molecule has 2 aliphatic rings. The van der Waals surface area contributed by atoms with Gasteiger partial charge in [0.05, 0.1) is 5.69 Å². The van der Waals surface area contributed by atoms with Crippen molar-refractivity contribution in [1.82, 2.24) is 4.90 Å². The van der Waals surface area contributed by atoms with Gasteiger partial charge in [0, 0.05) is 23.9 Å². The minimum absolute atomic E-state index is 0.245. The number of amides is 2. The molecule has 130 valence electrons. The van der Waals surface area contributed by atoms with Crippen LogP contribution in [0.4, 0.5) is 10.5 Å². The summed E-state index contributed by atoms with van der Waals surface area (Å²) < 4.78 is 5.73. The maximum absolute atomic E-state index is 13.2. The highest BCUT2D eigenvalue weighted by molar-refractivity contribution is 6.20. The van der Waals surface area contributed by atoms with Crippen molar-refractivity contribution in [2.45, 2.75) is 64.1 Å². The Morgan fingerprint density at radius 1 is 0.958 bits per heavy atom. The van der Waals surface area contributed by atoms with E-state index < -0.39 is 11.7 Å². The summed E-state index contributed by atoms with van der Waals surface area (Å²) in [6.45, 7) is 10.3. The molecule has 2 fully saturated rings. The number of ether oxygens (including phenoxy) is 1. The summed E-state index contributed by atoms with van der Waals surface area (Å²) in [5, 5.41) is 0. The van der Waals surface area contributed by atoms with Crippen molar-refractivity contribution in [3.63, 3.8) is 0 Å². The van der Waals surface area contributed by atoms with Gasteiger partial charge in [-0.25, -0.2) is 9.69 Å². The molecule has 0 atom stereocenters. The number of nitrogens with zero attached hydrogens (tertiary/aromatic N) is 2. The van der Waals surface area contributed by atoms with Crippen LogP contribution < -0.4 is 4.90 Å². The molecule has 2 saturated heterocycles. The number of hydrogen-bond donors (Lipinski definition) is 0. The van der Waals surface area contributed by atoms with Crippen molar-refractivity contribution >= 4 is 17.7 Å². The smallest absolute Gasteiger partial charge is 0.422 e. The standard InChI is InChI=1S/C19H26N2O3/c1-13-7-9-14(10-8-13)21-15(22)19(24-16(21)23)11-17(2,3)20(6)18(4,5)12-19/h7-10H,11-12H2,1-6H3. The summed E-state index contributed by atoms with van der Waals surface area (Å²) in [5.41, 5.74) is 0.0701. The highest BCUT2D eigenvalue weighted by Crippen LogP contribution is 2.48. The molecule has 0 N–H and O–H groups in total. The van der Waals surface area contributed by atoms with Crippen LogP contribution in [0.5, 0.6) is 0 Å². The van der Waals surface area contributed by atoms with Crippen molar-refractivity contribution in [2.24, 2.45) is 0 Å². The summed E-state index contributed by atoms with van der Waals surface area (Å²) in [7, 11) is 2.06. The fourth-order valence-electron chi connectivity index (χ4n) is 4.20. The Hall–Kier alpha value is -1.88. The second kappa shape index (κ2) is 5.06. The topological polar surface area (TPSA) is 49.9 Å². The minimum atomic E-state index is -1.08. The SMILES string of the molecule is Cc1ccc(N2C(=O)OC3(CC(C)(C)N(C)C(C)(C)C3)C2=O)cc1. The van der Waals surface area contributed by atoms with Crippen LogP contribution in [0.15, 0.2) is 24.3 Å². The molecule has 0 aromatic heterocycles. The molecule has 0 saturated carbocycles. The fourth-order valence-corrected chi connectivity index (χ4v) is 4.20. The van der Waals surface area contributed by atoms with Gasteiger partial charge >= 0.3 is 6.09 Å². The molecular formula is C19H26N2O3. The second-order valence-corrected chi connectivity index (χ2v) is 8.38. The second-order valence-electron chi connectivity index (χ2n) is 8.38. The molecule has 3 rings (SSSR count). The third kappa shape index (κ3) is 2.42. The number of imide groups is 1. The van der Waals surface area contributed by atoms with Gasteiger partial charge in [-0.2, -0.15) is 0 Å². The molecule has 1 spiro atoms. The van der Waals surface area contributed by atoms with Crippen molar-refractivity contribution in [2.75, 3.05) is 11.9 Å². The zero-order valence-electron chi connectivity index (χ0n) is 15.3. The van der Waals surface area contributed by atoms with Crippen molar-refractivity contribution < 1.29 is 14.3 Å². The number of likely N-dealkylation sites (tertiary alicyclic amines) is 1. The predicted molar refractivity (Wildman–Crippen MR) is 93.0 cm³/mol. The van der Waals surface area contributed by atoms with Gasteiger partial charge in [-0.3, -0.25) is 9.69 Å². The van der Waals surface area contributed by atoms with E-state index in [4.69, 9.17) is 4.74 Å². The molecular weight excluding hydrogens is 304 g/mol. The zero-order valence-corrected chi connectivity index (χ0v) is 15.3. The Balaban J connectivity index is 2.00. The maximum Gasteiger partial charge on any atom is 0.422 e. The van der Waals surface area contributed by atoms with E-state index in [1.165, 1.54) is 4.90 Å². The Kier molecular flexibility index (Phi) is 3.57. The number of benzene rings is 1. The lowest BCUT2D eigenvalue weighted by Gasteiger charge is -2.55. The van der Waals surface area contributed by atoms with E-state index in [2.05, 4.69) is 39.6 Å². The molecule has 0 aliphatic carbocycles. The normalized spacial score (nSPS) is 25.2. The van der Waals surface area contributed by atoms with E-state index in [1.807, 2.05) is 19.1 Å². The van der Waals surface area contributed by atoms with E-state index in [0.29, 0.717) is 18.5 Å². The van der Waals surface area contributed by atoms with Crippen LogP contribution in [0, 0.1) is 6.92 Å². The number of hydrogen-bond acceptors (Lipinski definition) is 4. The van der Waals surface area contributed by atoms with Crippen LogP contribution in [0.3, 0.4) is 0 Å². The molecule has 5 heteroatoms. The molecule has 0 radical (unpaired) electrons. The van der Waals surface area contributed by atoms with Gasteiger partial charge in [0.1, 0.15) is 0 Å². The Bertz CT molecular complexity index is 673. The number of aryl methyl sites for hydroxylation is 1. The molecule has 0 unspecified atom stereocenters. The Morgan fingerprint density at radius 3 is 1.96 bits per heavy atom. The van der Waals surface area contributed by atoms with Crippen LogP contribution in [-0.2, 0) is 9.53 Å². The van der Waals surface area contributed by atoms with Crippen molar-refractivity contribution in [3.8, 4) is 0 Å². The maximum atomic E-state index is 13.2. The molecule has 1 aromatic rings. The third-order valence-corrected chi connectivity index (χ3v) is 5.60. The minimum Gasteiger partial charge on any atom is -0.432 e. The van der Waals surface area contributed by atoms with E-state index in [-0.39, 0.29) is 17.0 Å². The van der Waals surface area contributed by atoms with Crippen LogP contribution in [-0.4, -0.2) is 40.6 Å². The number of anilines is 1. The van der Waals surface area contributed by atoms with Gasteiger partial charge in [-0.15, -0.1) is 0 Å². The molecule has 1 aromatic carbocycles. The van der Waals surface area contributed by atoms with Gasteiger partial charge in [0.2, 0.25) is 0 Å². The average molecular weight is 330 g/mol. The lowest BCUT2D eigenvalue weighted by molar-refractivity contribution is -0.150. The number of carbonyl (C=O) groups excluding carboxylic acids is 2. The van der Waals surface area contributed by atoms with Gasteiger partial charge in [-0.1, -0.05) is 17.7 Å². The molecule has 2 amide bonds. The van der Waals surface area contributed by atoms with Gasteiger partial charge in [0.15, 0.2) is 5.60 Å². The van der Waals surface area contributed by atoms with Crippen LogP contribution >= 0.6 is 0 Å². The molecule has 2 heterocycles. The lowest BCUT2D eigenvalue weighted by Crippen LogP contribution is -2.66. The van der Waals surface area contributed by atoms with Crippen LogP contribution in [0.25, 0.3) is 0 Å². The van der Waals surface area contributed by atoms with E-state index in [9.17, 15) is 9.59 Å². The number of piperidine rings is 1. The molecule has 0 bridgehead atoms. The quantitative estimate of drug-likeness (QED) is 0.791. The first-order valence-corrected chi connectivity index (χ1v) is 8.37. The highest BCUT2D eigenvalue weighted by Gasteiger charge is 2.62. The summed E-state index contributed by atoms with van der Waals surface area (Å²) in [5.74, 6) is -0.245. The Morgan fingerprint density at radius 2 is 1.46 bits per heavy atom. The van der Waals surface area contributed by atoms with Gasteiger partial charge < -0.3 is 4.74 Å². The van der Waals surface area contributed by atoms with Crippen LogP contribution in [0.2, 0.25) is 0 Å². The first-order valence-electron chi connectivity index (χ1n) is 8.37. The average Bonchev–Trinajstić information content (AvgIpc) is 2.67. The lowest BCUT2D eigenvalue weighted by atomic mass is 9.71. The summed E-state index contributed by atoms with van der Waals surface area (Å²) >= 11 is 0. The third-order valence-electron chi connectivity index (χ3n) is 5.60. The van der Waals surface area contributed by atoms with E-state index in [1.54, 1.807) is 12.1 Å². The first kappa shape index (κ1) is 17.0. The van der Waals surface area contributed by atoms with Crippen molar-refractivity contribution in [1.29, 1.82) is 0 Å². The predicted octanol–water partition coefficient (Wildman–Crippen LogP) is 3.50. The van der Waals surface area contributed by atoms with E-state index >= 15 is 0 Å².